The first-order valence-corrected chi connectivity index (χ1v) is 21.3. The summed E-state index contributed by atoms with van der Waals surface area (Å²) in [5.74, 6) is -0.711. The van der Waals surface area contributed by atoms with Gasteiger partial charge in [-0.25, -0.2) is 26.4 Å². The van der Waals surface area contributed by atoms with Crippen LogP contribution in [-0.4, -0.2) is 108 Å². The number of morpholine rings is 1. The van der Waals surface area contributed by atoms with Crippen molar-refractivity contribution in [1.29, 1.82) is 0 Å². The van der Waals surface area contributed by atoms with Gasteiger partial charge in [-0.2, -0.15) is 0 Å². The number of methoxy groups -OCH3 is 2. The minimum Gasteiger partial charge on any atom is -0.465 e. The van der Waals surface area contributed by atoms with E-state index in [-0.39, 0.29) is 30.5 Å². The number of halogens is 1. The molecule has 4 aromatic rings. The van der Waals surface area contributed by atoms with Crippen molar-refractivity contribution in [3.8, 4) is 0 Å². The molecule has 14 nitrogen and oxygen atoms in total. The minimum atomic E-state index is -3.56. The fraction of sp³-hybridized carbons (Fsp3) is 0.368. The molecule has 0 saturated carbocycles. The summed E-state index contributed by atoms with van der Waals surface area (Å²) in [6, 6.07) is 24.2. The van der Waals surface area contributed by atoms with Crippen molar-refractivity contribution in [3.05, 3.63) is 120 Å². The van der Waals surface area contributed by atoms with E-state index in [2.05, 4.69) is 24.3 Å². The summed E-state index contributed by atoms with van der Waals surface area (Å²) >= 11 is 5.64. The summed E-state index contributed by atoms with van der Waals surface area (Å²) in [7, 11) is -4.52. The molecule has 0 amide bonds. The van der Waals surface area contributed by atoms with E-state index < -0.39 is 32.0 Å². The molecule has 17 heteroatoms. The Bertz CT molecular complexity index is 2000. The third-order valence-electron chi connectivity index (χ3n) is 8.38. The Balaban J connectivity index is 0.000000249. The Labute approximate surface area is 328 Å². The quantitative estimate of drug-likeness (QED) is 0.106. The van der Waals surface area contributed by atoms with Crippen LogP contribution in [0.15, 0.2) is 97.3 Å². The Hall–Kier alpha value is -4.61. The number of ether oxygens (including phenoxy) is 3. The normalized spacial score (nSPS) is 13.2. The fourth-order valence-corrected chi connectivity index (χ4v) is 8.73. The number of rotatable bonds is 17. The van der Waals surface area contributed by atoms with Gasteiger partial charge in [-0.3, -0.25) is 23.5 Å². The van der Waals surface area contributed by atoms with E-state index in [9.17, 15) is 26.4 Å². The van der Waals surface area contributed by atoms with Crippen LogP contribution in [0.5, 0.6) is 0 Å². The highest BCUT2D eigenvalue weighted by Gasteiger charge is 2.25. The van der Waals surface area contributed by atoms with Gasteiger partial charge in [0.15, 0.2) is 0 Å². The van der Waals surface area contributed by atoms with Crippen LogP contribution in [0.2, 0.25) is 0 Å². The van der Waals surface area contributed by atoms with E-state index in [0.717, 1.165) is 19.6 Å². The number of pyridine rings is 2. The number of benzene rings is 2. The second-order valence-corrected chi connectivity index (χ2v) is 16.6. The topological polar surface area (TPSA) is 166 Å². The molecule has 1 aliphatic rings. The molecule has 0 bridgehead atoms. The number of hydrogen-bond acceptors (Lipinski definition) is 12. The third kappa shape index (κ3) is 13.3. The molecule has 1 aliphatic heterocycles. The average Bonchev–Trinajstić information content (AvgIpc) is 3.22. The molecule has 0 radical (unpaired) electrons. The highest BCUT2D eigenvalue weighted by atomic mass is 35.5. The molecule has 0 aliphatic carbocycles. The van der Waals surface area contributed by atoms with Crippen LogP contribution in [0.25, 0.3) is 0 Å². The van der Waals surface area contributed by atoms with E-state index in [1.54, 1.807) is 72.8 Å². The Morgan fingerprint density at radius 3 is 1.51 bits per heavy atom. The van der Waals surface area contributed by atoms with Crippen LogP contribution in [-0.2, 0) is 47.3 Å². The van der Waals surface area contributed by atoms with Crippen molar-refractivity contribution in [2.45, 2.75) is 25.9 Å². The van der Waals surface area contributed by atoms with E-state index in [1.165, 1.54) is 35.2 Å². The second-order valence-electron chi connectivity index (χ2n) is 12.2. The number of carbonyl (C=O) groups is 2. The zero-order valence-electron chi connectivity index (χ0n) is 30.8. The van der Waals surface area contributed by atoms with Crippen LogP contribution in [0, 0.1) is 0 Å². The van der Waals surface area contributed by atoms with Gasteiger partial charge in [-0.15, -0.1) is 11.6 Å². The molecule has 55 heavy (non-hydrogen) atoms. The standard InChI is InChI=1S/C21H27N3O5S.C17H19ClN2O4S/c1-28-21(25)18-8-9-19(22-16-18)17-24(20-6-3-2-4-7-20)30(26,27)15-5-10-23-11-13-29-14-12-23;1-24-17(21)14-8-9-15(19-12-14)13-20(16-6-3-2-4-7-16)25(22,23)11-5-10-18/h2-4,6-9,16H,5,10-15,17H2,1H3;2-4,6-9,12H,5,10-11,13H2,1H3. The lowest BCUT2D eigenvalue weighted by Crippen LogP contribution is -2.38. The molecule has 5 rings (SSSR count). The van der Waals surface area contributed by atoms with Crippen LogP contribution in [0.1, 0.15) is 44.9 Å². The van der Waals surface area contributed by atoms with E-state index in [4.69, 9.17) is 16.3 Å². The molecule has 1 fully saturated rings. The van der Waals surface area contributed by atoms with Gasteiger partial charge in [0.2, 0.25) is 20.0 Å². The monoisotopic (exact) mass is 815 g/mol. The second kappa shape index (κ2) is 21.5. The maximum absolute atomic E-state index is 13.2. The van der Waals surface area contributed by atoms with Gasteiger partial charge in [0.25, 0.3) is 0 Å². The number of anilines is 2. The molecular formula is C38H46ClN5O9S2. The summed E-state index contributed by atoms with van der Waals surface area (Å²) in [6.07, 6.45) is 3.67. The summed E-state index contributed by atoms with van der Waals surface area (Å²) in [5, 5.41) is 0. The van der Waals surface area contributed by atoms with Gasteiger partial charge in [0, 0.05) is 31.4 Å². The lowest BCUT2D eigenvalue weighted by atomic mass is 10.2. The number of para-hydroxylation sites is 2. The predicted octanol–water partition coefficient (Wildman–Crippen LogP) is 4.76. The van der Waals surface area contributed by atoms with E-state index >= 15 is 0 Å². The molecule has 0 spiro atoms. The van der Waals surface area contributed by atoms with Gasteiger partial charge in [0.1, 0.15) is 0 Å². The van der Waals surface area contributed by atoms with Crippen molar-refractivity contribution in [3.63, 3.8) is 0 Å². The smallest absolute Gasteiger partial charge is 0.339 e. The summed E-state index contributed by atoms with van der Waals surface area (Å²) in [4.78, 5) is 33.7. The van der Waals surface area contributed by atoms with Crippen LogP contribution < -0.4 is 8.61 Å². The van der Waals surface area contributed by atoms with Gasteiger partial charge in [0.05, 0.1) is 85.9 Å². The highest BCUT2D eigenvalue weighted by molar-refractivity contribution is 7.93. The number of nitrogens with zero attached hydrogens (tertiary/aromatic N) is 5. The SMILES string of the molecule is COC(=O)c1ccc(CN(c2ccccc2)S(=O)(=O)CCCCl)nc1.COC(=O)c1ccc(CN(c2ccccc2)S(=O)(=O)CCCN2CCOCC2)nc1. The van der Waals surface area contributed by atoms with Crippen molar-refractivity contribution in [1.82, 2.24) is 14.9 Å². The number of esters is 2. The van der Waals surface area contributed by atoms with Gasteiger partial charge in [-0.1, -0.05) is 36.4 Å². The average molecular weight is 816 g/mol. The molecule has 2 aromatic heterocycles. The van der Waals surface area contributed by atoms with Crippen LogP contribution in [0.3, 0.4) is 0 Å². The third-order valence-corrected chi connectivity index (χ3v) is 12.3. The van der Waals surface area contributed by atoms with Crippen LogP contribution >= 0.6 is 11.6 Å². The highest BCUT2D eigenvalue weighted by Crippen LogP contribution is 2.23. The molecule has 1 saturated heterocycles. The van der Waals surface area contributed by atoms with E-state index in [0.29, 0.717) is 59.9 Å². The summed E-state index contributed by atoms with van der Waals surface area (Å²) < 4.78 is 69.0. The minimum absolute atomic E-state index is 0.0412. The zero-order valence-corrected chi connectivity index (χ0v) is 33.2. The predicted molar refractivity (Wildman–Crippen MR) is 211 cm³/mol. The number of carbonyl (C=O) groups excluding carboxylic acids is 2. The zero-order chi connectivity index (χ0) is 39.7. The fourth-order valence-electron chi connectivity index (χ4n) is 5.45. The van der Waals surface area contributed by atoms with Crippen molar-refractivity contribution >= 4 is 55.0 Å². The first-order valence-electron chi connectivity index (χ1n) is 17.5. The number of hydrogen-bond donors (Lipinski definition) is 0. The largest absolute Gasteiger partial charge is 0.465 e. The number of aromatic nitrogens is 2. The maximum Gasteiger partial charge on any atom is 0.339 e. The van der Waals surface area contributed by atoms with Crippen molar-refractivity contribution < 1.29 is 40.6 Å². The van der Waals surface area contributed by atoms with Crippen LogP contribution in [0.4, 0.5) is 11.4 Å². The molecule has 0 atom stereocenters. The Morgan fingerprint density at radius 1 is 0.691 bits per heavy atom. The Morgan fingerprint density at radius 2 is 1.13 bits per heavy atom. The van der Waals surface area contributed by atoms with Gasteiger partial charge >= 0.3 is 11.9 Å². The lowest BCUT2D eigenvalue weighted by molar-refractivity contribution is 0.0381. The summed E-state index contributed by atoms with van der Waals surface area (Å²) in [5.41, 5.74) is 2.83. The first-order chi connectivity index (χ1) is 26.5. The first kappa shape index (κ1) is 43.1. The molecular weight excluding hydrogens is 770 g/mol. The Kier molecular flexibility index (Phi) is 16.8. The summed E-state index contributed by atoms with van der Waals surface area (Å²) in [6.45, 7) is 3.92. The van der Waals surface area contributed by atoms with Crippen molar-refractivity contribution in [2.75, 3.05) is 73.1 Å². The number of alkyl halides is 1. The molecule has 2 aromatic carbocycles. The molecule has 0 unspecified atom stereocenters. The van der Waals surface area contributed by atoms with Crippen molar-refractivity contribution in [2.24, 2.45) is 0 Å². The maximum atomic E-state index is 13.2. The lowest BCUT2D eigenvalue weighted by Gasteiger charge is -2.28. The molecule has 0 N–H and O–H groups in total. The van der Waals surface area contributed by atoms with E-state index in [1.807, 2.05) is 12.1 Å². The van der Waals surface area contributed by atoms with Gasteiger partial charge in [-0.05, 0) is 67.9 Å². The number of sulfonamides is 2. The molecule has 3 heterocycles. The molecule has 296 valence electrons. The van der Waals surface area contributed by atoms with Gasteiger partial charge < -0.3 is 14.2 Å².